The number of carbonyl (C=O) groups excluding carboxylic acids is 1. The average molecular weight is 354 g/mol. The molecule has 25 heavy (non-hydrogen) atoms. The SMILES string of the molecule is COc1cccc(-n2ccnc2SCC(=O)NCc2cccnc2)c1. The van der Waals surface area contributed by atoms with Crippen LogP contribution in [0.1, 0.15) is 5.56 Å². The van der Waals surface area contributed by atoms with Crippen molar-refractivity contribution in [2.24, 2.45) is 0 Å². The highest BCUT2D eigenvalue weighted by atomic mass is 32.2. The van der Waals surface area contributed by atoms with Crippen molar-refractivity contribution in [2.75, 3.05) is 12.9 Å². The number of pyridine rings is 1. The quantitative estimate of drug-likeness (QED) is 0.661. The Morgan fingerprint density at radius 1 is 1.28 bits per heavy atom. The zero-order valence-electron chi connectivity index (χ0n) is 13.8. The number of hydrogen-bond acceptors (Lipinski definition) is 5. The Morgan fingerprint density at radius 2 is 2.20 bits per heavy atom. The number of nitrogens with zero attached hydrogens (tertiary/aromatic N) is 3. The fourth-order valence-corrected chi connectivity index (χ4v) is 3.04. The van der Waals surface area contributed by atoms with E-state index in [-0.39, 0.29) is 5.91 Å². The first-order valence-electron chi connectivity index (χ1n) is 7.72. The molecule has 1 N–H and O–H groups in total. The van der Waals surface area contributed by atoms with Gasteiger partial charge < -0.3 is 10.1 Å². The second-order valence-corrected chi connectivity index (χ2v) is 6.15. The van der Waals surface area contributed by atoms with Gasteiger partial charge in [-0.3, -0.25) is 14.3 Å². The van der Waals surface area contributed by atoms with Gasteiger partial charge in [-0.2, -0.15) is 0 Å². The minimum absolute atomic E-state index is 0.0472. The van der Waals surface area contributed by atoms with Crippen LogP contribution in [0.4, 0.5) is 0 Å². The van der Waals surface area contributed by atoms with Gasteiger partial charge in [0.2, 0.25) is 5.91 Å². The predicted molar refractivity (Wildman–Crippen MR) is 96.9 cm³/mol. The van der Waals surface area contributed by atoms with Crippen LogP contribution in [0, 0.1) is 0 Å². The van der Waals surface area contributed by atoms with Crippen LogP contribution in [0.3, 0.4) is 0 Å². The molecule has 0 aliphatic rings. The molecule has 0 fully saturated rings. The summed E-state index contributed by atoms with van der Waals surface area (Å²) >= 11 is 1.39. The molecule has 0 spiro atoms. The highest BCUT2D eigenvalue weighted by Gasteiger charge is 2.09. The molecule has 0 radical (unpaired) electrons. The zero-order chi connectivity index (χ0) is 17.5. The minimum atomic E-state index is -0.0472. The van der Waals surface area contributed by atoms with Crippen LogP contribution >= 0.6 is 11.8 Å². The fraction of sp³-hybridized carbons (Fsp3) is 0.167. The van der Waals surface area contributed by atoms with Gasteiger partial charge >= 0.3 is 0 Å². The molecule has 1 amide bonds. The topological polar surface area (TPSA) is 69.0 Å². The van der Waals surface area contributed by atoms with E-state index in [2.05, 4.69) is 15.3 Å². The van der Waals surface area contributed by atoms with E-state index in [1.165, 1.54) is 11.8 Å². The molecule has 0 atom stereocenters. The Kier molecular flexibility index (Phi) is 5.69. The summed E-state index contributed by atoms with van der Waals surface area (Å²) in [4.78, 5) is 20.4. The van der Waals surface area contributed by atoms with E-state index in [9.17, 15) is 4.79 Å². The third kappa shape index (κ3) is 4.60. The van der Waals surface area contributed by atoms with Crippen molar-refractivity contribution in [1.82, 2.24) is 19.9 Å². The molecule has 3 rings (SSSR count). The van der Waals surface area contributed by atoms with E-state index in [0.717, 1.165) is 22.2 Å². The molecule has 2 aromatic heterocycles. The van der Waals surface area contributed by atoms with Gasteiger partial charge in [0, 0.05) is 37.4 Å². The fourth-order valence-electron chi connectivity index (χ4n) is 2.24. The normalized spacial score (nSPS) is 10.4. The summed E-state index contributed by atoms with van der Waals surface area (Å²) in [5.74, 6) is 1.02. The lowest BCUT2D eigenvalue weighted by Gasteiger charge is -2.09. The van der Waals surface area contributed by atoms with Crippen LogP contribution in [0.15, 0.2) is 66.3 Å². The largest absolute Gasteiger partial charge is 0.497 e. The summed E-state index contributed by atoms with van der Waals surface area (Å²) in [6.07, 6.45) is 7.03. The van der Waals surface area contributed by atoms with Crippen molar-refractivity contribution in [2.45, 2.75) is 11.7 Å². The lowest BCUT2D eigenvalue weighted by atomic mass is 10.3. The van der Waals surface area contributed by atoms with Crippen LogP contribution in [-0.4, -0.2) is 33.3 Å². The zero-order valence-corrected chi connectivity index (χ0v) is 14.6. The number of nitrogens with one attached hydrogen (secondary N) is 1. The van der Waals surface area contributed by atoms with E-state index in [1.54, 1.807) is 25.7 Å². The molecular weight excluding hydrogens is 336 g/mol. The number of rotatable bonds is 7. The maximum atomic E-state index is 12.1. The highest BCUT2D eigenvalue weighted by molar-refractivity contribution is 7.99. The van der Waals surface area contributed by atoms with Crippen LogP contribution in [0.25, 0.3) is 5.69 Å². The van der Waals surface area contributed by atoms with E-state index in [1.807, 2.05) is 47.2 Å². The van der Waals surface area contributed by atoms with Gasteiger partial charge in [-0.25, -0.2) is 4.98 Å². The summed E-state index contributed by atoms with van der Waals surface area (Å²) in [7, 11) is 1.63. The van der Waals surface area contributed by atoms with Gasteiger partial charge in [0.25, 0.3) is 0 Å². The summed E-state index contributed by atoms with van der Waals surface area (Å²) in [6.45, 7) is 0.470. The number of carbonyl (C=O) groups is 1. The Hall–Kier alpha value is -2.80. The first-order valence-corrected chi connectivity index (χ1v) is 8.71. The standard InChI is InChI=1S/C18H18N4O2S/c1-24-16-6-2-5-15(10-16)22-9-8-20-18(22)25-13-17(23)21-12-14-4-3-7-19-11-14/h2-11H,12-13H2,1H3,(H,21,23). The molecule has 0 unspecified atom stereocenters. The molecule has 0 aliphatic carbocycles. The number of benzene rings is 1. The number of ether oxygens (including phenoxy) is 1. The summed E-state index contributed by atoms with van der Waals surface area (Å²) in [5.41, 5.74) is 1.91. The van der Waals surface area contributed by atoms with Crippen molar-refractivity contribution < 1.29 is 9.53 Å². The monoisotopic (exact) mass is 354 g/mol. The van der Waals surface area contributed by atoms with Crippen molar-refractivity contribution in [3.05, 3.63) is 66.7 Å². The summed E-state index contributed by atoms with van der Waals surface area (Å²) < 4.78 is 7.19. The van der Waals surface area contributed by atoms with Crippen LogP contribution in [0.2, 0.25) is 0 Å². The van der Waals surface area contributed by atoms with Gasteiger partial charge in [0.1, 0.15) is 5.75 Å². The van der Waals surface area contributed by atoms with Crippen LogP contribution < -0.4 is 10.1 Å². The molecule has 0 aliphatic heterocycles. The van der Waals surface area contributed by atoms with E-state index in [0.29, 0.717) is 12.3 Å². The third-order valence-corrected chi connectivity index (χ3v) is 4.45. The van der Waals surface area contributed by atoms with Crippen molar-refractivity contribution >= 4 is 17.7 Å². The van der Waals surface area contributed by atoms with Gasteiger partial charge in [-0.1, -0.05) is 23.9 Å². The second-order valence-electron chi connectivity index (χ2n) is 5.21. The number of amides is 1. The predicted octanol–water partition coefficient (Wildman–Crippen LogP) is 2.68. The number of imidazole rings is 1. The Labute approximate surface area is 150 Å². The van der Waals surface area contributed by atoms with E-state index in [4.69, 9.17) is 4.74 Å². The number of hydrogen-bond donors (Lipinski definition) is 1. The maximum Gasteiger partial charge on any atom is 0.230 e. The molecular formula is C18H18N4O2S. The molecule has 3 aromatic rings. The summed E-state index contributed by atoms with van der Waals surface area (Å²) in [6, 6.07) is 11.5. The molecule has 7 heteroatoms. The minimum Gasteiger partial charge on any atom is -0.497 e. The number of methoxy groups -OCH3 is 1. The maximum absolute atomic E-state index is 12.1. The van der Waals surface area contributed by atoms with Gasteiger partial charge in [0.05, 0.1) is 18.6 Å². The van der Waals surface area contributed by atoms with Crippen molar-refractivity contribution in [3.8, 4) is 11.4 Å². The smallest absolute Gasteiger partial charge is 0.230 e. The molecule has 6 nitrogen and oxygen atoms in total. The molecule has 0 bridgehead atoms. The molecule has 0 saturated heterocycles. The molecule has 128 valence electrons. The van der Waals surface area contributed by atoms with E-state index < -0.39 is 0 Å². The summed E-state index contributed by atoms with van der Waals surface area (Å²) in [5, 5.41) is 3.64. The van der Waals surface area contributed by atoms with E-state index >= 15 is 0 Å². The molecule has 0 saturated carbocycles. The average Bonchev–Trinajstić information content (AvgIpc) is 3.14. The first-order chi connectivity index (χ1) is 12.3. The van der Waals surface area contributed by atoms with Crippen LogP contribution in [0.5, 0.6) is 5.75 Å². The first kappa shape index (κ1) is 17.0. The molecule has 1 aromatic carbocycles. The molecule has 2 heterocycles. The van der Waals surface area contributed by atoms with Crippen molar-refractivity contribution in [1.29, 1.82) is 0 Å². The van der Waals surface area contributed by atoms with Gasteiger partial charge in [-0.05, 0) is 23.8 Å². The third-order valence-electron chi connectivity index (χ3n) is 3.48. The Bertz CT molecular complexity index is 836. The highest BCUT2D eigenvalue weighted by Crippen LogP contribution is 2.23. The second kappa shape index (κ2) is 8.34. The van der Waals surface area contributed by atoms with Crippen molar-refractivity contribution in [3.63, 3.8) is 0 Å². The Morgan fingerprint density at radius 3 is 3.00 bits per heavy atom. The lowest BCUT2D eigenvalue weighted by Crippen LogP contribution is -2.24. The van der Waals surface area contributed by atoms with Gasteiger partial charge in [0.15, 0.2) is 5.16 Å². The van der Waals surface area contributed by atoms with Gasteiger partial charge in [-0.15, -0.1) is 0 Å². The van der Waals surface area contributed by atoms with Crippen LogP contribution in [-0.2, 0) is 11.3 Å². The number of thioether (sulfide) groups is 1. The number of aromatic nitrogens is 3. The Balaban J connectivity index is 1.58. The lowest BCUT2D eigenvalue weighted by molar-refractivity contribution is -0.118.